The van der Waals surface area contributed by atoms with Crippen molar-refractivity contribution in [3.63, 3.8) is 0 Å². The third kappa shape index (κ3) is 0.724. The molecule has 0 bridgehead atoms. The van der Waals surface area contributed by atoms with Crippen LogP contribution >= 0.6 is 16.1 Å². The molecule has 0 aromatic carbocycles. The number of halogens is 1. The Hall–Kier alpha value is -0.900. The van der Waals surface area contributed by atoms with Crippen molar-refractivity contribution in [1.82, 2.24) is 13.6 Å². The maximum atomic E-state index is 4.09. The molecule has 50 valence electrons. The van der Waals surface area contributed by atoms with E-state index >= 15 is 0 Å². The molecule has 0 aliphatic carbocycles. The summed E-state index contributed by atoms with van der Waals surface area (Å²) in [6.45, 7) is 0. The number of hydrogen-bond donors (Lipinski definition) is 0. The van der Waals surface area contributed by atoms with Crippen LogP contribution in [0.1, 0.15) is 0 Å². The Balaban J connectivity index is 2.93. The molecule has 2 aromatic rings. The molecule has 0 unspecified atom stereocenters. The van der Waals surface area contributed by atoms with Gasteiger partial charge in [0, 0.05) is 18.6 Å². The first-order valence-electron chi connectivity index (χ1n) is 2.82. The van der Waals surface area contributed by atoms with E-state index in [-0.39, 0.29) is 0 Å². The molecule has 0 amide bonds. The summed E-state index contributed by atoms with van der Waals surface area (Å²) in [5, 5.41) is 0. The first-order valence-corrected chi connectivity index (χ1v) is 3.53. The third-order valence-corrected chi connectivity index (χ3v) is 1.84. The Kier molecular flexibility index (Phi) is 1.20. The predicted molar refractivity (Wildman–Crippen MR) is 41.9 cm³/mol. The molecule has 10 heavy (non-hydrogen) atoms. The van der Waals surface area contributed by atoms with Crippen LogP contribution < -0.4 is 0 Å². The van der Waals surface area contributed by atoms with Crippen LogP contribution in [0.2, 0.25) is 0 Å². The molecule has 0 saturated heterocycles. The summed E-state index contributed by atoms with van der Waals surface area (Å²) in [6, 6.07) is 1.90. The predicted octanol–water partition coefficient (Wildman–Crippen LogP) is 1.59. The highest BCUT2D eigenvalue weighted by atomic mass is 79.9. The Labute approximate surface area is 66.0 Å². The largest absolute Gasteiger partial charge is 0.266 e. The van der Waals surface area contributed by atoms with Crippen LogP contribution in [-0.2, 0) is 0 Å². The van der Waals surface area contributed by atoms with Gasteiger partial charge in [0.25, 0.3) is 0 Å². The third-order valence-electron chi connectivity index (χ3n) is 1.27. The Morgan fingerprint density at radius 2 is 2.10 bits per heavy atom. The molecule has 2 rings (SSSR count). The van der Waals surface area contributed by atoms with Crippen LogP contribution in [0.5, 0.6) is 0 Å². The van der Waals surface area contributed by atoms with Gasteiger partial charge < -0.3 is 0 Å². The minimum atomic E-state index is 0.850. The fourth-order valence-corrected chi connectivity index (χ4v) is 1.22. The minimum absolute atomic E-state index is 0.850. The summed E-state index contributed by atoms with van der Waals surface area (Å²) in [7, 11) is 0. The lowest BCUT2D eigenvalue weighted by Crippen LogP contribution is -1.81. The van der Waals surface area contributed by atoms with Gasteiger partial charge in [0.1, 0.15) is 5.52 Å². The summed E-state index contributed by atoms with van der Waals surface area (Å²) in [6.07, 6.45) is 5.21. The van der Waals surface area contributed by atoms with Crippen molar-refractivity contribution in [2.75, 3.05) is 0 Å². The lowest BCUT2D eigenvalue weighted by molar-refractivity contribution is 1.24. The summed E-state index contributed by atoms with van der Waals surface area (Å²) in [4.78, 5) is 8.18. The van der Waals surface area contributed by atoms with Gasteiger partial charge in [0.05, 0.1) is 16.1 Å². The highest BCUT2D eigenvalue weighted by molar-refractivity contribution is 9.08. The van der Waals surface area contributed by atoms with Gasteiger partial charge in [0.15, 0.2) is 5.65 Å². The zero-order valence-corrected chi connectivity index (χ0v) is 6.62. The van der Waals surface area contributed by atoms with Gasteiger partial charge in [-0.25, -0.2) is 4.98 Å². The first kappa shape index (κ1) is 5.85. The van der Waals surface area contributed by atoms with Crippen LogP contribution in [0, 0.1) is 0 Å². The SMILES string of the molecule is Brn1ccc2nccnc21. The van der Waals surface area contributed by atoms with E-state index in [1.165, 1.54) is 0 Å². The van der Waals surface area contributed by atoms with Crippen molar-refractivity contribution < 1.29 is 0 Å². The van der Waals surface area contributed by atoms with Crippen molar-refractivity contribution in [2.24, 2.45) is 0 Å². The van der Waals surface area contributed by atoms with Crippen LogP contribution in [0.25, 0.3) is 11.2 Å². The van der Waals surface area contributed by atoms with E-state index in [4.69, 9.17) is 0 Å². The van der Waals surface area contributed by atoms with Crippen LogP contribution in [0.15, 0.2) is 24.7 Å². The zero-order valence-electron chi connectivity index (χ0n) is 5.03. The fourth-order valence-electron chi connectivity index (χ4n) is 0.830. The molecule has 0 N–H and O–H groups in total. The van der Waals surface area contributed by atoms with Crippen LogP contribution in [0.4, 0.5) is 0 Å². The van der Waals surface area contributed by atoms with Crippen LogP contribution in [-0.4, -0.2) is 13.6 Å². The lowest BCUT2D eigenvalue weighted by atomic mass is 10.5. The molecule has 0 saturated carbocycles. The average Bonchev–Trinajstić information content (AvgIpc) is 2.34. The van der Waals surface area contributed by atoms with Gasteiger partial charge in [0.2, 0.25) is 0 Å². The molecule has 0 aliphatic rings. The number of nitrogens with zero attached hydrogens (tertiary/aromatic N) is 3. The lowest BCUT2D eigenvalue weighted by Gasteiger charge is -1.88. The van der Waals surface area contributed by atoms with Crippen LogP contribution in [0.3, 0.4) is 0 Å². The summed E-state index contributed by atoms with van der Waals surface area (Å²) in [5.41, 5.74) is 1.75. The molecule has 0 fully saturated rings. The Morgan fingerprint density at radius 1 is 1.30 bits per heavy atom. The van der Waals surface area contributed by atoms with E-state index in [9.17, 15) is 0 Å². The Morgan fingerprint density at radius 3 is 2.90 bits per heavy atom. The normalized spacial score (nSPS) is 10.5. The summed E-state index contributed by atoms with van der Waals surface area (Å²) >= 11 is 3.28. The van der Waals surface area contributed by atoms with E-state index in [1.54, 1.807) is 16.0 Å². The molecule has 0 aliphatic heterocycles. The molecule has 4 heteroatoms. The van der Waals surface area contributed by atoms with Crippen molar-refractivity contribution in [3.8, 4) is 0 Å². The van der Waals surface area contributed by atoms with Gasteiger partial charge in [-0.2, -0.15) is 0 Å². The molecule has 2 heterocycles. The summed E-state index contributed by atoms with van der Waals surface area (Å²) in [5.74, 6) is 0. The van der Waals surface area contributed by atoms with Gasteiger partial charge in [-0.1, -0.05) is 0 Å². The smallest absolute Gasteiger partial charge is 0.168 e. The molecule has 3 nitrogen and oxygen atoms in total. The molecule has 0 atom stereocenters. The molecule has 0 spiro atoms. The summed E-state index contributed by atoms with van der Waals surface area (Å²) < 4.78 is 1.76. The topological polar surface area (TPSA) is 30.7 Å². The van der Waals surface area contributed by atoms with E-state index in [1.807, 2.05) is 12.3 Å². The average molecular weight is 198 g/mol. The van der Waals surface area contributed by atoms with E-state index in [2.05, 4.69) is 26.1 Å². The van der Waals surface area contributed by atoms with Gasteiger partial charge in [-0.15, -0.1) is 0 Å². The maximum absolute atomic E-state index is 4.09. The van der Waals surface area contributed by atoms with E-state index in [0.717, 1.165) is 11.2 Å². The molecular weight excluding hydrogens is 194 g/mol. The van der Waals surface area contributed by atoms with Crippen molar-refractivity contribution in [3.05, 3.63) is 24.7 Å². The highest BCUT2D eigenvalue weighted by Gasteiger charge is 1.97. The molecule has 2 aromatic heterocycles. The van der Waals surface area contributed by atoms with Gasteiger partial charge >= 0.3 is 0 Å². The molecular formula is C6H4BrN3. The van der Waals surface area contributed by atoms with Gasteiger partial charge in [-0.05, 0) is 6.07 Å². The van der Waals surface area contributed by atoms with Crippen molar-refractivity contribution in [1.29, 1.82) is 0 Å². The minimum Gasteiger partial charge on any atom is -0.266 e. The number of rotatable bonds is 0. The van der Waals surface area contributed by atoms with Crippen molar-refractivity contribution >= 4 is 27.3 Å². The second-order valence-electron chi connectivity index (χ2n) is 1.89. The zero-order chi connectivity index (χ0) is 6.97. The molecule has 0 radical (unpaired) electrons. The maximum Gasteiger partial charge on any atom is 0.168 e. The fraction of sp³-hybridized carbons (Fsp3) is 0. The Bertz CT molecular complexity index is 355. The van der Waals surface area contributed by atoms with Crippen molar-refractivity contribution in [2.45, 2.75) is 0 Å². The van der Waals surface area contributed by atoms with E-state index < -0.39 is 0 Å². The van der Waals surface area contributed by atoms with Gasteiger partial charge in [-0.3, -0.25) is 8.58 Å². The number of aromatic nitrogens is 3. The number of hydrogen-bond acceptors (Lipinski definition) is 2. The van der Waals surface area contributed by atoms with E-state index in [0.29, 0.717) is 0 Å². The standard InChI is InChI=1S/C6H4BrN3/c7-10-4-1-5-6(10)9-3-2-8-5/h1-4H. The second-order valence-corrected chi connectivity index (χ2v) is 2.66. The highest BCUT2D eigenvalue weighted by Crippen LogP contribution is 2.10. The monoisotopic (exact) mass is 197 g/mol. The number of fused-ring (bicyclic) bond motifs is 1. The second kappa shape index (κ2) is 2.05. The quantitative estimate of drug-likeness (QED) is 0.643. The first-order chi connectivity index (χ1) is 4.88.